The van der Waals surface area contributed by atoms with Crippen molar-refractivity contribution in [1.29, 1.82) is 0 Å². The van der Waals surface area contributed by atoms with Crippen LogP contribution in [0.15, 0.2) is 0 Å². The van der Waals surface area contributed by atoms with E-state index in [1.54, 1.807) is 4.90 Å². The van der Waals surface area contributed by atoms with E-state index in [1.807, 2.05) is 20.8 Å². The summed E-state index contributed by atoms with van der Waals surface area (Å²) in [6, 6.07) is -0.753. The average molecular weight is 410 g/mol. The minimum absolute atomic E-state index is 0.0495. The van der Waals surface area contributed by atoms with Crippen LogP contribution in [-0.2, 0) is 19.1 Å². The van der Waals surface area contributed by atoms with Crippen LogP contribution in [0.25, 0.3) is 0 Å². The number of hydrogen-bond acceptors (Lipinski definition) is 5. The summed E-state index contributed by atoms with van der Waals surface area (Å²) in [6.45, 7) is 6.89. The Morgan fingerprint density at radius 3 is 2.69 bits per heavy atom. The number of carbonyl (C=O) groups excluding carboxylic acids is 3. The summed E-state index contributed by atoms with van der Waals surface area (Å²) < 4.78 is 6.32. The van der Waals surface area contributed by atoms with Crippen LogP contribution in [0.3, 0.4) is 0 Å². The van der Waals surface area contributed by atoms with E-state index in [9.17, 15) is 14.4 Å². The first-order valence-electron chi connectivity index (χ1n) is 11.0. The molecular weight excluding hydrogens is 374 g/mol. The maximum Gasteiger partial charge on any atom is 0.246 e. The van der Waals surface area contributed by atoms with Gasteiger partial charge in [-0.1, -0.05) is 6.92 Å². The van der Waals surface area contributed by atoms with Gasteiger partial charge in [0.15, 0.2) is 0 Å². The number of aliphatic hydroxyl groups is 1. The molecule has 2 unspecified atom stereocenters. The molecule has 0 aromatic carbocycles. The molecule has 3 heterocycles. The van der Waals surface area contributed by atoms with Crippen LogP contribution in [0.4, 0.5) is 0 Å². The molecule has 0 radical (unpaired) electrons. The SMILES string of the molecule is CCCNC(=O)[C@@H]1[C@H]2C(=O)N(CCCCCO)C(C(=O)NC(C)C)C23CC[C@H]1O3. The van der Waals surface area contributed by atoms with Crippen molar-refractivity contribution >= 4 is 17.7 Å². The number of likely N-dealkylation sites (tertiary alicyclic amines) is 1. The van der Waals surface area contributed by atoms with Crippen LogP contribution in [-0.4, -0.2) is 71.2 Å². The second-order valence-electron chi connectivity index (χ2n) is 8.83. The van der Waals surface area contributed by atoms with E-state index in [2.05, 4.69) is 10.6 Å². The van der Waals surface area contributed by atoms with E-state index in [0.29, 0.717) is 38.8 Å². The third-order valence-corrected chi connectivity index (χ3v) is 6.39. The number of unbranched alkanes of at least 4 members (excludes halogenated alkanes) is 2. The third-order valence-electron chi connectivity index (χ3n) is 6.39. The van der Waals surface area contributed by atoms with Crippen molar-refractivity contribution in [3.63, 3.8) is 0 Å². The Morgan fingerprint density at radius 2 is 2.03 bits per heavy atom. The molecular formula is C21H35N3O5. The van der Waals surface area contributed by atoms with Gasteiger partial charge in [0.1, 0.15) is 11.6 Å². The number of ether oxygens (including phenoxy) is 1. The second kappa shape index (κ2) is 9.00. The minimum atomic E-state index is -0.911. The van der Waals surface area contributed by atoms with Crippen molar-refractivity contribution in [2.24, 2.45) is 11.8 Å². The lowest BCUT2D eigenvalue weighted by Gasteiger charge is -2.34. The summed E-state index contributed by atoms with van der Waals surface area (Å²) in [4.78, 5) is 41.1. The van der Waals surface area contributed by atoms with Crippen molar-refractivity contribution < 1.29 is 24.2 Å². The fourth-order valence-electron chi connectivity index (χ4n) is 5.29. The molecule has 0 aliphatic carbocycles. The summed E-state index contributed by atoms with van der Waals surface area (Å²) in [5.74, 6) is -1.61. The summed E-state index contributed by atoms with van der Waals surface area (Å²) in [5, 5.41) is 14.9. The van der Waals surface area contributed by atoms with E-state index < -0.39 is 23.5 Å². The second-order valence-corrected chi connectivity index (χ2v) is 8.83. The van der Waals surface area contributed by atoms with Gasteiger partial charge >= 0.3 is 0 Å². The van der Waals surface area contributed by atoms with Crippen LogP contribution < -0.4 is 10.6 Å². The zero-order chi connectivity index (χ0) is 21.2. The normalized spacial score (nSPS) is 32.7. The predicted octanol–water partition coefficient (Wildman–Crippen LogP) is 0.574. The highest BCUT2D eigenvalue weighted by Gasteiger charge is 2.74. The molecule has 164 valence electrons. The molecule has 8 nitrogen and oxygen atoms in total. The molecule has 5 atom stereocenters. The number of carbonyl (C=O) groups is 3. The highest BCUT2D eigenvalue weighted by molar-refractivity contribution is 5.98. The van der Waals surface area contributed by atoms with Gasteiger partial charge in [-0.15, -0.1) is 0 Å². The smallest absolute Gasteiger partial charge is 0.246 e. The number of amides is 3. The summed E-state index contributed by atoms with van der Waals surface area (Å²) in [6.07, 6.45) is 3.99. The van der Waals surface area contributed by atoms with Crippen molar-refractivity contribution in [2.45, 2.75) is 83.1 Å². The Labute approximate surface area is 172 Å². The zero-order valence-corrected chi connectivity index (χ0v) is 17.8. The third kappa shape index (κ3) is 3.89. The molecule has 3 aliphatic rings. The molecule has 3 N–H and O–H groups in total. The van der Waals surface area contributed by atoms with Gasteiger partial charge in [0.05, 0.1) is 17.9 Å². The van der Waals surface area contributed by atoms with Crippen molar-refractivity contribution in [3.8, 4) is 0 Å². The van der Waals surface area contributed by atoms with Crippen molar-refractivity contribution in [3.05, 3.63) is 0 Å². The molecule has 3 saturated heterocycles. The zero-order valence-electron chi connectivity index (χ0n) is 17.8. The van der Waals surface area contributed by atoms with E-state index >= 15 is 0 Å². The Kier molecular flexibility index (Phi) is 6.83. The minimum Gasteiger partial charge on any atom is -0.396 e. The van der Waals surface area contributed by atoms with Gasteiger partial charge in [-0.25, -0.2) is 0 Å². The number of nitrogens with zero attached hydrogens (tertiary/aromatic N) is 1. The highest BCUT2D eigenvalue weighted by atomic mass is 16.5. The summed E-state index contributed by atoms with van der Waals surface area (Å²) in [7, 11) is 0. The molecule has 3 aliphatic heterocycles. The topological polar surface area (TPSA) is 108 Å². The Hall–Kier alpha value is -1.67. The van der Waals surface area contributed by atoms with Gasteiger partial charge in [0.25, 0.3) is 0 Å². The molecule has 1 spiro atoms. The molecule has 2 bridgehead atoms. The lowest BCUT2D eigenvalue weighted by Crippen LogP contribution is -2.56. The quantitative estimate of drug-likeness (QED) is 0.457. The van der Waals surface area contributed by atoms with Crippen LogP contribution in [0.2, 0.25) is 0 Å². The molecule has 3 amide bonds. The first-order valence-corrected chi connectivity index (χ1v) is 11.0. The number of hydrogen-bond donors (Lipinski definition) is 3. The average Bonchev–Trinajstić information content (AvgIpc) is 3.30. The maximum absolute atomic E-state index is 13.5. The van der Waals surface area contributed by atoms with E-state index in [4.69, 9.17) is 9.84 Å². The first-order chi connectivity index (χ1) is 13.9. The molecule has 8 heteroatoms. The maximum atomic E-state index is 13.5. The Balaban J connectivity index is 1.87. The number of nitrogens with one attached hydrogen (secondary N) is 2. The van der Waals surface area contributed by atoms with Crippen LogP contribution >= 0.6 is 0 Å². The molecule has 3 fully saturated rings. The van der Waals surface area contributed by atoms with Crippen molar-refractivity contribution in [1.82, 2.24) is 15.5 Å². The number of fused-ring (bicyclic) bond motifs is 1. The van der Waals surface area contributed by atoms with E-state index in [0.717, 1.165) is 12.8 Å². The van der Waals surface area contributed by atoms with Gasteiger partial charge in [-0.2, -0.15) is 0 Å². The Bertz CT molecular complexity index is 640. The number of rotatable bonds is 10. The van der Waals surface area contributed by atoms with Gasteiger partial charge in [0.2, 0.25) is 17.7 Å². The largest absolute Gasteiger partial charge is 0.396 e. The van der Waals surface area contributed by atoms with Gasteiger partial charge in [-0.05, 0) is 52.4 Å². The molecule has 0 aromatic heterocycles. The van der Waals surface area contributed by atoms with Gasteiger partial charge in [-0.3, -0.25) is 14.4 Å². The van der Waals surface area contributed by atoms with Crippen molar-refractivity contribution in [2.75, 3.05) is 19.7 Å². The molecule has 29 heavy (non-hydrogen) atoms. The molecule has 0 saturated carbocycles. The monoisotopic (exact) mass is 409 g/mol. The first kappa shape index (κ1) is 22.0. The van der Waals surface area contributed by atoms with Crippen LogP contribution in [0, 0.1) is 11.8 Å². The highest BCUT2D eigenvalue weighted by Crippen LogP contribution is 2.58. The lowest BCUT2D eigenvalue weighted by molar-refractivity contribution is -0.142. The van der Waals surface area contributed by atoms with E-state index in [1.165, 1.54) is 0 Å². The van der Waals surface area contributed by atoms with Gasteiger partial charge < -0.3 is 25.4 Å². The lowest BCUT2D eigenvalue weighted by atomic mass is 9.70. The fraction of sp³-hybridized carbons (Fsp3) is 0.857. The van der Waals surface area contributed by atoms with Crippen LogP contribution in [0.1, 0.15) is 59.3 Å². The summed E-state index contributed by atoms with van der Waals surface area (Å²) >= 11 is 0. The predicted molar refractivity (Wildman–Crippen MR) is 107 cm³/mol. The van der Waals surface area contributed by atoms with Crippen LogP contribution in [0.5, 0.6) is 0 Å². The molecule has 3 rings (SSSR count). The molecule has 0 aromatic rings. The number of aliphatic hydroxyl groups excluding tert-OH is 1. The summed E-state index contributed by atoms with van der Waals surface area (Å²) in [5.41, 5.74) is -0.911. The van der Waals surface area contributed by atoms with Gasteiger partial charge in [0, 0.05) is 25.7 Å². The Morgan fingerprint density at radius 1 is 1.28 bits per heavy atom. The standard InChI is InChI=1S/C21H35N3O5/c1-4-10-22-18(26)15-14-8-9-21(29-14)16(15)20(28)24(11-6-5-7-12-25)17(21)19(27)23-13(2)3/h13-17,25H,4-12H2,1-3H3,(H,22,26)(H,23,27)/t14-,15+,16+,17?,21?/m1/s1. The fourth-order valence-corrected chi connectivity index (χ4v) is 5.29. The van der Waals surface area contributed by atoms with E-state index in [-0.39, 0.29) is 36.5 Å².